The molecule has 0 aliphatic carbocycles. The fourth-order valence-electron chi connectivity index (χ4n) is 2.03. The minimum atomic E-state index is 0.459. The van der Waals surface area contributed by atoms with Crippen molar-refractivity contribution in [2.24, 2.45) is 0 Å². The zero-order valence-corrected chi connectivity index (χ0v) is 9.45. The van der Waals surface area contributed by atoms with Crippen LogP contribution in [0.25, 0.3) is 6.08 Å². The second-order valence-corrected chi connectivity index (χ2v) is 4.26. The summed E-state index contributed by atoms with van der Waals surface area (Å²) in [5.74, 6) is 0.698. The Morgan fingerprint density at radius 1 is 1.31 bits per heavy atom. The number of amidine groups is 1. The summed E-state index contributed by atoms with van der Waals surface area (Å²) in [4.78, 5) is 0. The van der Waals surface area contributed by atoms with E-state index in [0.29, 0.717) is 11.9 Å². The molecule has 2 nitrogen and oxygen atoms in total. The van der Waals surface area contributed by atoms with Gasteiger partial charge in [-0.2, -0.15) is 0 Å². The van der Waals surface area contributed by atoms with Crippen LogP contribution >= 0.6 is 0 Å². The zero-order valence-electron chi connectivity index (χ0n) is 9.45. The highest BCUT2D eigenvalue weighted by molar-refractivity contribution is 5.79. The van der Waals surface area contributed by atoms with E-state index in [2.05, 4.69) is 29.6 Å². The second kappa shape index (κ2) is 5.50. The molecule has 1 heterocycles. The van der Waals surface area contributed by atoms with Crippen molar-refractivity contribution in [2.45, 2.75) is 31.7 Å². The molecule has 0 saturated carbocycles. The van der Waals surface area contributed by atoms with Gasteiger partial charge in [-0.05, 0) is 24.8 Å². The minimum absolute atomic E-state index is 0.459. The molecule has 0 aromatic heterocycles. The molecule has 1 aromatic rings. The quantitative estimate of drug-likeness (QED) is 0.796. The van der Waals surface area contributed by atoms with Crippen molar-refractivity contribution in [1.82, 2.24) is 5.32 Å². The largest absolute Gasteiger partial charge is 0.371 e. The summed E-state index contributed by atoms with van der Waals surface area (Å²) in [7, 11) is 0. The summed E-state index contributed by atoms with van der Waals surface area (Å²) in [6, 6.07) is 10.8. The fourth-order valence-corrected chi connectivity index (χ4v) is 2.03. The van der Waals surface area contributed by atoms with Gasteiger partial charge in [-0.1, -0.05) is 42.5 Å². The van der Waals surface area contributed by atoms with Gasteiger partial charge in [-0.3, -0.25) is 5.41 Å². The monoisotopic (exact) mass is 214 g/mol. The molecule has 1 unspecified atom stereocenters. The topological polar surface area (TPSA) is 35.9 Å². The van der Waals surface area contributed by atoms with Gasteiger partial charge in [0.1, 0.15) is 0 Å². The van der Waals surface area contributed by atoms with E-state index in [9.17, 15) is 0 Å². The van der Waals surface area contributed by atoms with Gasteiger partial charge in [0.05, 0.1) is 5.84 Å². The standard InChI is InChI=1S/C14H18N2/c15-14-11-5-10-13(16-14)9-4-8-12-6-2-1-3-7-12/h1-4,6-8,13H,5,9-11H2,(H2,15,16). The van der Waals surface area contributed by atoms with E-state index < -0.39 is 0 Å². The van der Waals surface area contributed by atoms with Gasteiger partial charge < -0.3 is 5.32 Å². The van der Waals surface area contributed by atoms with Crippen molar-refractivity contribution in [3.8, 4) is 0 Å². The van der Waals surface area contributed by atoms with E-state index in [1.807, 2.05) is 18.2 Å². The summed E-state index contributed by atoms with van der Waals surface area (Å²) in [6.07, 6.45) is 8.61. The van der Waals surface area contributed by atoms with Gasteiger partial charge in [0, 0.05) is 12.5 Å². The fraction of sp³-hybridized carbons (Fsp3) is 0.357. The minimum Gasteiger partial charge on any atom is -0.371 e. The number of benzene rings is 1. The predicted molar refractivity (Wildman–Crippen MR) is 68.6 cm³/mol. The lowest BCUT2D eigenvalue weighted by molar-refractivity contribution is 0.508. The number of piperidine rings is 1. The van der Waals surface area contributed by atoms with Crippen LogP contribution in [0.15, 0.2) is 36.4 Å². The first kappa shape index (κ1) is 10.9. The maximum atomic E-state index is 7.58. The third-order valence-corrected chi connectivity index (χ3v) is 2.89. The molecule has 1 aliphatic heterocycles. The van der Waals surface area contributed by atoms with Crippen molar-refractivity contribution >= 4 is 11.9 Å². The average molecular weight is 214 g/mol. The number of rotatable bonds is 3. The molecule has 16 heavy (non-hydrogen) atoms. The Bertz CT molecular complexity index is 368. The first-order chi connectivity index (χ1) is 7.84. The molecule has 1 aromatic carbocycles. The highest BCUT2D eigenvalue weighted by Crippen LogP contribution is 2.12. The van der Waals surface area contributed by atoms with Gasteiger partial charge >= 0.3 is 0 Å². The first-order valence-corrected chi connectivity index (χ1v) is 5.90. The Kier molecular flexibility index (Phi) is 3.76. The molecule has 2 heteroatoms. The molecule has 0 spiro atoms. The van der Waals surface area contributed by atoms with Gasteiger partial charge in [0.2, 0.25) is 0 Å². The Labute approximate surface area is 96.9 Å². The van der Waals surface area contributed by atoms with Crippen LogP contribution in [0.2, 0.25) is 0 Å². The third kappa shape index (κ3) is 3.23. The molecular formula is C14H18N2. The molecule has 0 bridgehead atoms. The van der Waals surface area contributed by atoms with Gasteiger partial charge in [0.15, 0.2) is 0 Å². The summed E-state index contributed by atoms with van der Waals surface area (Å²) in [5, 5.41) is 10.8. The normalized spacial score (nSPS) is 21.0. The number of hydrogen-bond donors (Lipinski definition) is 2. The molecule has 1 saturated heterocycles. The van der Waals surface area contributed by atoms with Crippen molar-refractivity contribution in [3.05, 3.63) is 42.0 Å². The Morgan fingerprint density at radius 3 is 2.88 bits per heavy atom. The smallest absolute Gasteiger partial charge is 0.0933 e. The van der Waals surface area contributed by atoms with E-state index in [4.69, 9.17) is 5.41 Å². The number of nitrogens with one attached hydrogen (secondary N) is 2. The van der Waals surface area contributed by atoms with Crippen molar-refractivity contribution < 1.29 is 0 Å². The van der Waals surface area contributed by atoms with E-state index in [1.54, 1.807) is 0 Å². The average Bonchev–Trinajstić information content (AvgIpc) is 2.30. The van der Waals surface area contributed by atoms with Crippen LogP contribution in [0.1, 0.15) is 31.2 Å². The van der Waals surface area contributed by atoms with E-state index >= 15 is 0 Å². The summed E-state index contributed by atoms with van der Waals surface area (Å²) in [6.45, 7) is 0. The molecule has 1 fully saturated rings. The molecule has 0 radical (unpaired) electrons. The van der Waals surface area contributed by atoms with Crippen LogP contribution < -0.4 is 5.32 Å². The predicted octanol–water partition coefficient (Wildman–Crippen LogP) is 3.21. The lowest BCUT2D eigenvalue weighted by Crippen LogP contribution is -2.37. The zero-order chi connectivity index (χ0) is 11.2. The summed E-state index contributed by atoms with van der Waals surface area (Å²) in [5.41, 5.74) is 1.24. The molecule has 84 valence electrons. The van der Waals surface area contributed by atoms with E-state index in [-0.39, 0.29) is 0 Å². The van der Waals surface area contributed by atoms with Gasteiger partial charge in [-0.15, -0.1) is 0 Å². The van der Waals surface area contributed by atoms with Gasteiger partial charge in [0.25, 0.3) is 0 Å². The molecular weight excluding hydrogens is 196 g/mol. The molecule has 2 N–H and O–H groups in total. The maximum absolute atomic E-state index is 7.58. The van der Waals surface area contributed by atoms with Crippen LogP contribution in [0.4, 0.5) is 0 Å². The van der Waals surface area contributed by atoms with Crippen LogP contribution in [-0.4, -0.2) is 11.9 Å². The third-order valence-electron chi connectivity index (χ3n) is 2.89. The van der Waals surface area contributed by atoms with Crippen LogP contribution in [0.5, 0.6) is 0 Å². The van der Waals surface area contributed by atoms with E-state index in [0.717, 1.165) is 19.3 Å². The van der Waals surface area contributed by atoms with Crippen LogP contribution in [0, 0.1) is 5.41 Å². The first-order valence-electron chi connectivity index (χ1n) is 5.90. The van der Waals surface area contributed by atoms with Crippen molar-refractivity contribution in [3.63, 3.8) is 0 Å². The lowest BCUT2D eigenvalue weighted by atomic mass is 10.0. The maximum Gasteiger partial charge on any atom is 0.0933 e. The Hall–Kier alpha value is -1.57. The highest BCUT2D eigenvalue weighted by atomic mass is 15.0. The SMILES string of the molecule is N=C1CCCC(CC=Cc2ccccc2)N1. The molecule has 2 rings (SSSR count). The van der Waals surface area contributed by atoms with E-state index in [1.165, 1.54) is 12.0 Å². The van der Waals surface area contributed by atoms with Crippen molar-refractivity contribution in [1.29, 1.82) is 5.41 Å². The Morgan fingerprint density at radius 2 is 2.12 bits per heavy atom. The highest BCUT2D eigenvalue weighted by Gasteiger charge is 2.13. The number of hydrogen-bond acceptors (Lipinski definition) is 1. The Balaban J connectivity index is 1.83. The second-order valence-electron chi connectivity index (χ2n) is 4.26. The summed E-state index contributed by atoms with van der Waals surface area (Å²) >= 11 is 0. The molecule has 1 aliphatic rings. The molecule has 1 atom stereocenters. The van der Waals surface area contributed by atoms with Crippen molar-refractivity contribution in [2.75, 3.05) is 0 Å². The van der Waals surface area contributed by atoms with Gasteiger partial charge in [-0.25, -0.2) is 0 Å². The lowest BCUT2D eigenvalue weighted by Gasteiger charge is -2.23. The van der Waals surface area contributed by atoms with Crippen LogP contribution in [0.3, 0.4) is 0 Å². The summed E-state index contributed by atoms with van der Waals surface area (Å²) < 4.78 is 0. The van der Waals surface area contributed by atoms with Crippen LogP contribution in [-0.2, 0) is 0 Å². The molecule has 0 amide bonds.